The van der Waals surface area contributed by atoms with E-state index in [1.54, 1.807) is 24.3 Å². The van der Waals surface area contributed by atoms with Crippen LogP contribution in [0.1, 0.15) is 21.7 Å². The molecule has 0 saturated heterocycles. The summed E-state index contributed by atoms with van der Waals surface area (Å²) >= 11 is 0. The lowest BCUT2D eigenvalue weighted by Crippen LogP contribution is -1.95. The number of carbonyl (C=O) groups is 1. The van der Waals surface area contributed by atoms with Gasteiger partial charge in [-0.1, -0.05) is 42.5 Å². The molecule has 1 N–H and O–H groups in total. The zero-order valence-corrected chi connectivity index (χ0v) is 13.8. The number of hydrogen-bond acceptors (Lipinski definition) is 2. The van der Waals surface area contributed by atoms with Crippen LogP contribution >= 0.6 is 0 Å². The van der Waals surface area contributed by atoms with Gasteiger partial charge in [0.2, 0.25) is 0 Å². The average molecular weight is 346 g/mol. The van der Waals surface area contributed by atoms with Gasteiger partial charge in [0.1, 0.15) is 17.2 Å². The molecule has 1 aromatic heterocycles. The van der Waals surface area contributed by atoms with Crippen LogP contribution in [0.3, 0.4) is 0 Å². The van der Waals surface area contributed by atoms with E-state index in [2.05, 4.69) is 0 Å². The first-order valence-corrected chi connectivity index (χ1v) is 8.20. The number of aromatic carboxylic acids is 1. The molecule has 3 nitrogen and oxygen atoms in total. The summed E-state index contributed by atoms with van der Waals surface area (Å²) in [5, 5.41) is 10.1. The Morgan fingerprint density at radius 2 is 1.77 bits per heavy atom. The van der Waals surface area contributed by atoms with Crippen molar-refractivity contribution in [1.29, 1.82) is 0 Å². The Balaban J connectivity index is 1.76. The van der Waals surface area contributed by atoms with Gasteiger partial charge in [-0.25, -0.2) is 9.18 Å². The molecule has 3 aromatic carbocycles. The third kappa shape index (κ3) is 3.09. The van der Waals surface area contributed by atoms with Crippen LogP contribution in [0.4, 0.5) is 4.39 Å². The lowest BCUT2D eigenvalue weighted by atomic mass is 10.0. The van der Waals surface area contributed by atoms with E-state index in [-0.39, 0.29) is 11.4 Å². The van der Waals surface area contributed by atoms with Crippen molar-refractivity contribution in [1.82, 2.24) is 0 Å². The molecule has 4 heteroatoms. The van der Waals surface area contributed by atoms with Crippen LogP contribution in [0.5, 0.6) is 0 Å². The molecule has 26 heavy (non-hydrogen) atoms. The summed E-state index contributed by atoms with van der Waals surface area (Å²) in [5.74, 6) is -0.512. The molecule has 0 aliphatic rings. The second-order valence-electron chi connectivity index (χ2n) is 6.13. The van der Waals surface area contributed by atoms with Crippen molar-refractivity contribution < 1.29 is 18.7 Å². The Bertz CT molecular complexity index is 1110. The predicted molar refractivity (Wildman–Crippen MR) is 97.8 cm³/mol. The SMILES string of the molecule is O=C(O)c1cccc(-c2cccc3cc(Cc4cccc(F)c4)oc23)c1. The molecule has 0 amide bonds. The monoisotopic (exact) mass is 346 g/mol. The second kappa shape index (κ2) is 6.48. The van der Waals surface area contributed by atoms with E-state index in [9.17, 15) is 14.3 Å². The number of benzene rings is 3. The van der Waals surface area contributed by atoms with E-state index < -0.39 is 5.97 Å². The Labute approximate surface area is 149 Å². The average Bonchev–Trinajstić information content (AvgIpc) is 3.04. The molecule has 0 spiro atoms. The molecule has 0 fully saturated rings. The fourth-order valence-corrected chi connectivity index (χ4v) is 3.10. The van der Waals surface area contributed by atoms with Gasteiger partial charge < -0.3 is 9.52 Å². The topological polar surface area (TPSA) is 50.4 Å². The minimum atomic E-state index is -0.967. The third-order valence-corrected chi connectivity index (χ3v) is 4.28. The van der Waals surface area contributed by atoms with Gasteiger partial charge in [0.15, 0.2) is 0 Å². The molecular formula is C22H15FO3. The molecule has 0 saturated carbocycles. The van der Waals surface area contributed by atoms with Crippen LogP contribution in [-0.2, 0) is 6.42 Å². The number of rotatable bonds is 4. The van der Waals surface area contributed by atoms with E-state index in [0.29, 0.717) is 12.0 Å². The molecule has 4 rings (SSSR count). The summed E-state index contributed by atoms with van der Waals surface area (Å²) in [4.78, 5) is 11.2. The van der Waals surface area contributed by atoms with Crippen molar-refractivity contribution in [3.63, 3.8) is 0 Å². The van der Waals surface area contributed by atoms with E-state index in [1.165, 1.54) is 12.1 Å². The maximum absolute atomic E-state index is 13.4. The Morgan fingerprint density at radius 3 is 2.58 bits per heavy atom. The maximum atomic E-state index is 13.4. The number of hydrogen-bond donors (Lipinski definition) is 1. The number of para-hydroxylation sites is 1. The van der Waals surface area contributed by atoms with Gasteiger partial charge in [0.25, 0.3) is 0 Å². The van der Waals surface area contributed by atoms with Gasteiger partial charge in [-0.2, -0.15) is 0 Å². The molecule has 4 aromatic rings. The summed E-state index contributed by atoms with van der Waals surface area (Å²) in [6.07, 6.45) is 0.487. The van der Waals surface area contributed by atoms with Crippen molar-refractivity contribution in [3.8, 4) is 11.1 Å². The van der Waals surface area contributed by atoms with Crippen LogP contribution in [0, 0.1) is 5.82 Å². The summed E-state index contributed by atoms with van der Waals surface area (Å²) in [6, 6.07) is 20.9. The van der Waals surface area contributed by atoms with E-state index in [0.717, 1.165) is 27.8 Å². The van der Waals surface area contributed by atoms with E-state index in [1.807, 2.05) is 36.4 Å². The van der Waals surface area contributed by atoms with Gasteiger partial charge in [-0.3, -0.25) is 0 Å². The molecule has 0 atom stereocenters. The summed E-state index contributed by atoms with van der Waals surface area (Å²) in [5.41, 5.74) is 3.37. The lowest BCUT2D eigenvalue weighted by Gasteiger charge is -2.04. The smallest absolute Gasteiger partial charge is 0.335 e. The van der Waals surface area contributed by atoms with Crippen LogP contribution in [-0.4, -0.2) is 11.1 Å². The van der Waals surface area contributed by atoms with Gasteiger partial charge in [0.05, 0.1) is 5.56 Å². The fraction of sp³-hybridized carbons (Fsp3) is 0.0455. The molecule has 0 aliphatic heterocycles. The van der Waals surface area contributed by atoms with E-state index >= 15 is 0 Å². The fourth-order valence-electron chi connectivity index (χ4n) is 3.10. The second-order valence-corrected chi connectivity index (χ2v) is 6.13. The highest BCUT2D eigenvalue weighted by Gasteiger charge is 2.12. The van der Waals surface area contributed by atoms with Crippen molar-refractivity contribution in [2.45, 2.75) is 6.42 Å². The van der Waals surface area contributed by atoms with Crippen LogP contribution in [0.2, 0.25) is 0 Å². The summed E-state index contributed by atoms with van der Waals surface area (Å²) in [7, 11) is 0. The van der Waals surface area contributed by atoms with Crippen LogP contribution < -0.4 is 0 Å². The van der Waals surface area contributed by atoms with Gasteiger partial charge in [-0.05, 0) is 41.5 Å². The first-order valence-electron chi connectivity index (χ1n) is 8.20. The lowest BCUT2D eigenvalue weighted by molar-refractivity contribution is 0.0697. The van der Waals surface area contributed by atoms with Gasteiger partial charge in [0, 0.05) is 17.4 Å². The molecule has 0 bridgehead atoms. The highest BCUT2D eigenvalue weighted by Crippen LogP contribution is 2.32. The molecular weight excluding hydrogens is 331 g/mol. The summed E-state index contributed by atoms with van der Waals surface area (Å²) in [6.45, 7) is 0. The highest BCUT2D eigenvalue weighted by molar-refractivity contribution is 5.95. The predicted octanol–water partition coefficient (Wildman–Crippen LogP) is 5.53. The standard InChI is InChI=1S/C22H15FO3/c23-18-8-1-4-14(10-18)11-19-13-16-6-3-9-20(21(16)26-19)15-5-2-7-17(12-15)22(24)25/h1-10,12-13H,11H2,(H,24,25). The summed E-state index contributed by atoms with van der Waals surface area (Å²) < 4.78 is 19.4. The normalized spacial score (nSPS) is 11.0. The minimum absolute atomic E-state index is 0.228. The zero-order chi connectivity index (χ0) is 18.1. The van der Waals surface area contributed by atoms with Gasteiger partial charge in [-0.15, -0.1) is 0 Å². The van der Waals surface area contributed by atoms with Crippen molar-refractivity contribution in [2.24, 2.45) is 0 Å². The largest absolute Gasteiger partial charge is 0.478 e. The molecule has 0 aliphatic carbocycles. The Morgan fingerprint density at radius 1 is 0.962 bits per heavy atom. The van der Waals surface area contributed by atoms with Crippen molar-refractivity contribution in [3.05, 3.63) is 95.5 Å². The first kappa shape index (κ1) is 16.1. The first-order chi connectivity index (χ1) is 12.6. The Kier molecular flexibility index (Phi) is 4.01. The Hall–Kier alpha value is -3.40. The molecule has 1 heterocycles. The molecule has 0 unspecified atom stereocenters. The zero-order valence-electron chi connectivity index (χ0n) is 13.8. The third-order valence-electron chi connectivity index (χ3n) is 4.28. The molecule has 128 valence electrons. The number of furan rings is 1. The van der Waals surface area contributed by atoms with Crippen LogP contribution in [0.25, 0.3) is 22.1 Å². The van der Waals surface area contributed by atoms with Crippen molar-refractivity contribution >= 4 is 16.9 Å². The maximum Gasteiger partial charge on any atom is 0.335 e. The highest BCUT2D eigenvalue weighted by atomic mass is 19.1. The number of carboxylic acid groups (broad SMARTS) is 1. The van der Waals surface area contributed by atoms with Crippen LogP contribution in [0.15, 0.2) is 77.2 Å². The quantitative estimate of drug-likeness (QED) is 0.529. The number of carboxylic acids is 1. The number of halogens is 1. The minimum Gasteiger partial charge on any atom is -0.478 e. The molecule has 0 radical (unpaired) electrons. The van der Waals surface area contributed by atoms with E-state index in [4.69, 9.17) is 4.42 Å². The van der Waals surface area contributed by atoms with Crippen molar-refractivity contribution in [2.75, 3.05) is 0 Å². The number of fused-ring (bicyclic) bond motifs is 1. The van der Waals surface area contributed by atoms with Gasteiger partial charge >= 0.3 is 5.97 Å².